The minimum Gasteiger partial charge on any atom is -0.394 e. The van der Waals surface area contributed by atoms with Crippen molar-refractivity contribution in [2.75, 3.05) is 49.7 Å². The minimum absolute atomic E-state index is 0.1000. The Bertz CT molecular complexity index is 1750. The fourth-order valence-electron chi connectivity index (χ4n) is 5.65. The van der Waals surface area contributed by atoms with Gasteiger partial charge in [-0.25, -0.2) is 9.97 Å². The molecule has 1 aromatic heterocycles. The Balaban J connectivity index is 1.52. The van der Waals surface area contributed by atoms with Crippen LogP contribution in [0, 0.1) is 13.8 Å². The number of carbonyl (C=O) groups excluding carboxylic acids is 3. The van der Waals surface area contributed by atoms with E-state index in [-0.39, 0.29) is 54.6 Å². The van der Waals surface area contributed by atoms with Gasteiger partial charge in [-0.15, -0.1) is 0 Å². The summed E-state index contributed by atoms with van der Waals surface area (Å²) in [5.41, 5.74) is 11.9. The molecule has 1 saturated heterocycles. The number of nitrogens with one attached hydrogen (secondary N) is 2. The van der Waals surface area contributed by atoms with Crippen LogP contribution in [0.25, 0.3) is 22.3 Å². The summed E-state index contributed by atoms with van der Waals surface area (Å²) in [4.78, 5) is 51.2. The first-order valence-corrected chi connectivity index (χ1v) is 15.8. The minimum atomic E-state index is -0.738. The molecule has 2 heterocycles. The number of aliphatic hydroxyl groups is 1. The van der Waals surface area contributed by atoms with Crippen molar-refractivity contribution in [3.05, 3.63) is 94.8 Å². The number of hydrogen-bond donors (Lipinski definition) is 4. The number of aliphatic hydroxyl groups excluding tert-OH is 1. The van der Waals surface area contributed by atoms with Crippen molar-refractivity contribution >= 4 is 29.4 Å². The van der Waals surface area contributed by atoms with E-state index < -0.39 is 17.7 Å². The Hall–Kier alpha value is -5.13. The molecule has 5 N–H and O–H groups in total. The molecule has 47 heavy (non-hydrogen) atoms. The topological polar surface area (TPSA) is 160 Å². The van der Waals surface area contributed by atoms with Gasteiger partial charge < -0.3 is 25.8 Å². The van der Waals surface area contributed by atoms with Gasteiger partial charge in [-0.1, -0.05) is 30.3 Å². The van der Waals surface area contributed by atoms with Gasteiger partial charge in [0.2, 0.25) is 11.9 Å². The summed E-state index contributed by atoms with van der Waals surface area (Å²) in [5, 5.41) is 14.5. The first kappa shape index (κ1) is 33.2. The van der Waals surface area contributed by atoms with Crippen LogP contribution in [-0.4, -0.2) is 72.3 Å². The van der Waals surface area contributed by atoms with Gasteiger partial charge >= 0.3 is 0 Å². The average molecular weight is 637 g/mol. The highest BCUT2D eigenvalue weighted by molar-refractivity contribution is 6.14. The molecule has 3 amide bonds. The first-order chi connectivity index (χ1) is 22.8. The van der Waals surface area contributed by atoms with Crippen LogP contribution in [0.1, 0.15) is 61.5 Å². The average Bonchev–Trinajstić information content (AvgIpc) is 3.09. The molecule has 244 valence electrons. The monoisotopic (exact) mass is 636 g/mol. The number of aromatic nitrogens is 2. The number of piperidine rings is 1. The third kappa shape index (κ3) is 8.00. The van der Waals surface area contributed by atoms with E-state index in [1.807, 2.05) is 25.1 Å². The van der Waals surface area contributed by atoms with Crippen LogP contribution in [0.3, 0.4) is 0 Å². The van der Waals surface area contributed by atoms with Gasteiger partial charge in [-0.05, 0) is 79.6 Å². The third-order valence-corrected chi connectivity index (χ3v) is 8.30. The van der Waals surface area contributed by atoms with E-state index in [0.717, 1.165) is 54.7 Å². The molecule has 0 unspecified atom stereocenters. The summed E-state index contributed by atoms with van der Waals surface area (Å²) in [5.74, 6) is -1.59. The number of anilines is 2. The van der Waals surface area contributed by atoms with Crippen LogP contribution in [0.2, 0.25) is 0 Å². The summed E-state index contributed by atoms with van der Waals surface area (Å²) >= 11 is 0. The van der Waals surface area contributed by atoms with E-state index in [9.17, 15) is 14.4 Å². The van der Waals surface area contributed by atoms with Gasteiger partial charge in [0.15, 0.2) is 0 Å². The van der Waals surface area contributed by atoms with Crippen LogP contribution >= 0.6 is 0 Å². The summed E-state index contributed by atoms with van der Waals surface area (Å²) in [6.45, 7) is 6.20. The third-order valence-electron chi connectivity index (χ3n) is 8.30. The largest absolute Gasteiger partial charge is 0.394 e. The summed E-state index contributed by atoms with van der Waals surface area (Å²) in [6, 6.07) is 16.2. The lowest BCUT2D eigenvalue weighted by Crippen LogP contribution is -2.30. The predicted octanol–water partition coefficient (Wildman–Crippen LogP) is 4.51. The van der Waals surface area contributed by atoms with E-state index >= 15 is 0 Å². The van der Waals surface area contributed by atoms with Gasteiger partial charge in [0.05, 0.1) is 19.8 Å². The Kier molecular flexibility index (Phi) is 10.9. The Morgan fingerprint density at radius 2 is 1.60 bits per heavy atom. The number of carbonyl (C=O) groups is 3. The smallest absolute Gasteiger partial charge is 0.258 e. The van der Waals surface area contributed by atoms with Gasteiger partial charge in [0.1, 0.15) is 0 Å². The second kappa shape index (κ2) is 15.4. The van der Waals surface area contributed by atoms with E-state index in [0.29, 0.717) is 5.56 Å². The fraction of sp³-hybridized carbons (Fsp3) is 0.306. The van der Waals surface area contributed by atoms with E-state index in [4.69, 9.17) is 15.6 Å². The van der Waals surface area contributed by atoms with Gasteiger partial charge in [0.25, 0.3) is 11.8 Å². The van der Waals surface area contributed by atoms with Gasteiger partial charge in [0, 0.05) is 65.5 Å². The Morgan fingerprint density at radius 1 is 0.851 bits per heavy atom. The molecule has 5 rings (SSSR count). The predicted molar refractivity (Wildman–Crippen MR) is 182 cm³/mol. The summed E-state index contributed by atoms with van der Waals surface area (Å²) in [7, 11) is 0. The molecule has 1 aliphatic heterocycles. The van der Waals surface area contributed by atoms with Crippen LogP contribution in [0.4, 0.5) is 11.6 Å². The molecule has 0 saturated carbocycles. The molecule has 0 atom stereocenters. The molecule has 11 heteroatoms. The van der Waals surface area contributed by atoms with E-state index in [1.165, 1.54) is 11.6 Å². The highest BCUT2D eigenvalue weighted by Crippen LogP contribution is 2.34. The zero-order chi connectivity index (χ0) is 33.3. The number of nitrogens with zero attached hydrogens (tertiary/aromatic N) is 3. The van der Waals surface area contributed by atoms with Crippen molar-refractivity contribution in [2.45, 2.75) is 33.1 Å². The van der Waals surface area contributed by atoms with Crippen molar-refractivity contribution < 1.29 is 24.2 Å². The molecule has 0 radical (unpaired) electrons. The molecular formula is C36H40N6O5. The van der Waals surface area contributed by atoms with Gasteiger partial charge in [-0.2, -0.15) is 0 Å². The zero-order valence-electron chi connectivity index (χ0n) is 26.7. The lowest BCUT2D eigenvalue weighted by Gasteiger charge is -2.29. The van der Waals surface area contributed by atoms with Crippen LogP contribution < -0.4 is 21.3 Å². The van der Waals surface area contributed by atoms with E-state index in [1.54, 1.807) is 36.7 Å². The number of rotatable bonds is 12. The first-order valence-electron chi connectivity index (χ1n) is 15.8. The molecule has 0 spiro atoms. The number of hydrogen-bond acceptors (Lipinski definition) is 8. The number of nitrogens with two attached hydrogens (primary N) is 1. The standard InChI is InChI=1S/C36H40N6O5/c1-23-9-10-25(19-24(23)2)26-21-39-36(40-22-26)41-35(46)31-20-27(42-14-4-3-5-15-42)11-12-28(31)32-29(33(37)44)7-6-8-30(32)34(45)38-13-17-47-18-16-43/h6-12,19-22,43H,3-5,13-18H2,1-2H3,(H2,37,44)(H,38,45)(H,39,40,41,46). The van der Waals surface area contributed by atoms with Crippen molar-refractivity contribution in [3.8, 4) is 22.3 Å². The van der Waals surface area contributed by atoms with Crippen LogP contribution in [-0.2, 0) is 4.74 Å². The maximum absolute atomic E-state index is 14.1. The number of ether oxygens (including phenoxy) is 1. The maximum Gasteiger partial charge on any atom is 0.258 e. The second-order valence-electron chi connectivity index (χ2n) is 11.5. The highest BCUT2D eigenvalue weighted by Gasteiger charge is 2.25. The molecule has 4 aromatic rings. The molecule has 1 aliphatic rings. The van der Waals surface area contributed by atoms with Crippen molar-refractivity contribution in [1.29, 1.82) is 0 Å². The number of primary amides is 1. The Morgan fingerprint density at radius 3 is 2.30 bits per heavy atom. The maximum atomic E-state index is 14.1. The summed E-state index contributed by atoms with van der Waals surface area (Å²) in [6.07, 6.45) is 6.55. The SMILES string of the molecule is Cc1ccc(-c2cnc(NC(=O)c3cc(N4CCCCC4)ccc3-c3c(C(N)=O)cccc3C(=O)NCCOCCO)nc2)cc1C. The molecule has 0 bridgehead atoms. The second-order valence-corrected chi connectivity index (χ2v) is 11.5. The highest BCUT2D eigenvalue weighted by atomic mass is 16.5. The summed E-state index contributed by atoms with van der Waals surface area (Å²) < 4.78 is 5.26. The van der Waals surface area contributed by atoms with Crippen molar-refractivity contribution in [1.82, 2.24) is 15.3 Å². The molecule has 11 nitrogen and oxygen atoms in total. The Labute approximate surface area is 274 Å². The van der Waals surface area contributed by atoms with E-state index in [2.05, 4.69) is 38.5 Å². The lowest BCUT2D eigenvalue weighted by molar-refractivity contribution is 0.0838. The molecule has 0 aliphatic carbocycles. The number of amides is 3. The van der Waals surface area contributed by atoms with Crippen molar-refractivity contribution in [2.24, 2.45) is 5.73 Å². The van der Waals surface area contributed by atoms with Crippen LogP contribution in [0.5, 0.6) is 0 Å². The molecule has 3 aromatic carbocycles. The lowest BCUT2D eigenvalue weighted by atomic mass is 9.89. The fourth-order valence-corrected chi connectivity index (χ4v) is 5.65. The quantitative estimate of drug-likeness (QED) is 0.165. The number of aryl methyl sites for hydroxylation is 2. The normalized spacial score (nSPS) is 12.9. The van der Waals surface area contributed by atoms with Crippen molar-refractivity contribution in [3.63, 3.8) is 0 Å². The number of benzene rings is 3. The van der Waals surface area contributed by atoms with Crippen LogP contribution in [0.15, 0.2) is 67.0 Å². The van der Waals surface area contributed by atoms with Gasteiger partial charge in [-0.3, -0.25) is 19.7 Å². The molecule has 1 fully saturated rings. The molecular weight excluding hydrogens is 596 g/mol. The zero-order valence-corrected chi connectivity index (χ0v) is 26.7.